The van der Waals surface area contributed by atoms with Gasteiger partial charge in [0.25, 0.3) is 0 Å². The number of carboxylic acids is 1. The first kappa shape index (κ1) is 14.6. The lowest BCUT2D eigenvalue weighted by Crippen LogP contribution is -2.34. The summed E-state index contributed by atoms with van der Waals surface area (Å²) >= 11 is 0. The average Bonchev–Trinajstić information content (AvgIpc) is 2.27. The number of nitrogens with zero attached hydrogens (tertiary/aromatic N) is 1. The van der Waals surface area contributed by atoms with Crippen LogP contribution in [0.2, 0.25) is 0 Å². The number of amides is 1. The highest BCUT2D eigenvalue weighted by molar-refractivity contribution is 6.01. The molecule has 5 nitrogen and oxygen atoms in total. The zero-order valence-electron chi connectivity index (χ0n) is 10.2. The molecular formula is C11H19NO4. The molecule has 92 valence electrons. The summed E-state index contributed by atoms with van der Waals surface area (Å²) in [6.07, 6.45) is 0. The van der Waals surface area contributed by atoms with Gasteiger partial charge in [-0.1, -0.05) is 0 Å². The number of hydrogen-bond donors (Lipinski definition) is 1. The molecule has 0 radical (unpaired) electrons. The Morgan fingerprint density at radius 2 is 1.81 bits per heavy atom. The van der Waals surface area contributed by atoms with Crippen molar-refractivity contribution in [3.8, 4) is 0 Å². The Balaban J connectivity index is 4.75. The van der Waals surface area contributed by atoms with Gasteiger partial charge in [0.1, 0.15) is 0 Å². The molecule has 0 aliphatic heterocycles. The summed E-state index contributed by atoms with van der Waals surface area (Å²) in [4.78, 5) is 24.2. The Labute approximate surface area is 95.7 Å². The Kier molecular flexibility index (Phi) is 6.41. The molecule has 0 heterocycles. The molecule has 0 aromatic rings. The highest BCUT2D eigenvalue weighted by atomic mass is 16.5. The zero-order valence-corrected chi connectivity index (χ0v) is 10.2. The lowest BCUT2D eigenvalue weighted by molar-refractivity contribution is -0.134. The first-order valence-corrected chi connectivity index (χ1v) is 5.14. The van der Waals surface area contributed by atoms with Gasteiger partial charge >= 0.3 is 5.97 Å². The molecule has 0 aromatic heterocycles. The van der Waals surface area contributed by atoms with Gasteiger partial charge in [-0.05, 0) is 20.8 Å². The number of likely N-dealkylation sites (N-methyl/N-ethyl adjacent to an activating group) is 1. The Morgan fingerprint density at radius 1 is 1.25 bits per heavy atom. The molecule has 1 N–H and O–H groups in total. The minimum Gasteiger partial charge on any atom is -0.478 e. The molecular weight excluding hydrogens is 210 g/mol. The maximum Gasteiger partial charge on any atom is 0.331 e. The van der Waals surface area contributed by atoms with Crippen molar-refractivity contribution in [3.63, 3.8) is 0 Å². The Bertz CT molecular complexity index is 296. The van der Waals surface area contributed by atoms with Crippen molar-refractivity contribution < 1.29 is 19.4 Å². The molecule has 5 heteroatoms. The van der Waals surface area contributed by atoms with E-state index in [2.05, 4.69) is 0 Å². The van der Waals surface area contributed by atoms with Gasteiger partial charge in [0.15, 0.2) is 0 Å². The highest BCUT2D eigenvalue weighted by Gasteiger charge is 2.17. The summed E-state index contributed by atoms with van der Waals surface area (Å²) in [7, 11) is 1.56. The molecule has 0 spiro atoms. The van der Waals surface area contributed by atoms with Gasteiger partial charge in [-0.15, -0.1) is 0 Å². The van der Waals surface area contributed by atoms with E-state index in [4.69, 9.17) is 9.84 Å². The van der Waals surface area contributed by atoms with Crippen molar-refractivity contribution in [1.82, 2.24) is 4.90 Å². The predicted molar refractivity (Wildman–Crippen MR) is 60.1 cm³/mol. The quantitative estimate of drug-likeness (QED) is 0.687. The molecule has 0 bridgehead atoms. The van der Waals surface area contributed by atoms with E-state index >= 15 is 0 Å². The van der Waals surface area contributed by atoms with E-state index in [0.29, 0.717) is 19.7 Å². The number of aliphatic carboxylic acids is 1. The van der Waals surface area contributed by atoms with Crippen LogP contribution in [0.5, 0.6) is 0 Å². The van der Waals surface area contributed by atoms with Gasteiger partial charge in [-0.3, -0.25) is 4.79 Å². The molecule has 1 amide bonds. The molecule has 0 fully saturated rings. The number of methoxy groups -OCH3 is 1. The first-order valence-electron chi connectivity index (χ1n) is 5.14. The topological polar surface area (TPSA) is 66.8 Å². The van der Waals surface area contributed by atoms with E-state index in [1.54, 1.807) is 12.0 Å². The first-order chi connectivity index (χ1) is 7.45. The second kappa shape index (κ2) is 7.00. The van der Waals surface area contributed by atoms with E-state index in [1.165, 1.54) is 13.8 Å². The van der Waals surface area contributed by atoms with Gasteiger partial charge in [-0.25, -0.2) is 4.79 Å². The van der Waals surface area contributed by atoms with Crippen LogP contribution in [0, 0.1) is 0 Å². The molecule has 0 atom stereocenters. The Morgan fingerprint density at radius 3 is 2.19 bits per heavy atom. The smallest absolute Gasteiger partial charge is 0.331 e. The van der Waals surface area contributed by atoms with Crippen molar-refractivity contribution >= 4 is 11.9 Å². The summed E-state index contributed by atoms with van der Waals surface area (Å²) in [5.41, 5.74) is 0.353. The Hall–Kier alpha value is -1.36. The third kappa shape index (κ3) is 4.02. The van der Waals surface area contributed by atoms with Crippen LogP contribution < -0.4 is 0 Å². The molecule has 0 rings (SSSR count). The van der Waals surface area contributed by atoms with Crippen molar-refractivity contribution in [1.29, 1.82) is 0 Å². The fourth-order valence-electron chi connectivity index (χ4n) is 1.16. The number of carbonyl (C=O) groups is 2. The maximum atomic E-state index is 11.9. The predicted octanol–water partition coefficient (Wildman–Crippen LogP) is 0.902. The summed E-state index contributed by atoms with van der Waals surface area (Å²) in [5, 5.41) is 8.78. The number of ether oxygens (including phenoxy) is 1. The molecule has 0 saturated heterocycles. The van der Waals surface area contributed by atoms with Crippen molar-refractivity contribution in [2.75, 3.05) is 26.8 Å². The summed E-state index contributed by atoms with van der Waals surface area (Å²) in [6.45, 7) is 6.25. The van der Waals surface area contributed by atoms with E-state index in [0.717, 1.165) is 0 Å². The van der Waals surface area contributed by atoms with Crippen LogP contribution in [0.25, 0.3) is 0 Å². The van der Waals surface area contributed by atoms with Gasteiger partial charge in [0.05, 0.1) is 6.61 Å². The largest absolute Gasteiger partial charge is 0.478 e. The van der Waals surface area contributed by atoms with Crippen LogP contribution in [-0.2, 0) is 14.3 Å². The minimum absolute atomic E-state index is 0.0841. The zero-order chi connectivity index (χ0) is 12.7. The third-order valence-electron chi connectivity index (χ3n) is 2.44. The van der Waals surface area contributed by atoms with Crippen LogP contribution in [0.1, 0.15) is 20.8 Å². The number of hydrogen-bond acceptors (Lipinski definition) is 3. The van der Waals surface area contributed by atoms with Crippen LogP contribution in [0.4, 0.5) is 0 Å². The van der Waals surface area contributed by atoms with Crippen LogP contribution in [0.3, 0.4) is 0 Å². The maximum absolute atomic E-state index is 11.9. The average molecular weight is 229 g/mol. The van der Waals surface area contributed by atoms with Gasteiger partial charge in [-0.2, -0.15) is 0 Å². The van der Waals surface area contributed by atoms with Crippen molar-refractivity contribution in [3.05, 3.63) is 11.1 Å². The van der Waals surface area contributed by atoms with Gasteiger partial charge in [0, 0.05) is 31.3 Å². The highest BCUT2D eigenvalue weighted by Crippen LogP contribution is 2.08. The van der Waals surface area contributed by atoms with E-state index < -0.39 is 5.97 Å². The number of rotatable bonds is 6. The van der Waals surface area contributed by atoms with E-state index in [1.807, 2.05) is 6.92 Å². The van der Waals surface area contributed by atoms with Gasteiger partial charge in [0.2, 0.25) is 5.91 Å². The molecule has 0 aliphatic rings. The molecule has 0 saturated carbocycles. The minimum atomic E-state index is -1.06. The number of carbonyl (C=O) groups excluding carboxylic acids is 1. The molecule has 0 unspecified atom stereocenters. The van der Waals surface area contributed by atoms with Crippen molar-refractivity contribution in [2.45, 2.75) is 20.8 Å². The number of carboxylic acid groups (broad SMARTS) is 1. The van der Waals surface area contributed by atoms with Gasteiger partial charge < -0.3 is 14.7 Å². The normalized spacial score (nSPS) is 12.0. The fourth-order valence-corrected chi connectivity index (χ4v) is 1.16. The SMILES string of the molecule is CCN(CCOC)C(=O)C(C)=C(C)C(=O)O. The molecule has 0 aromatic carbocycles. The summed E-state index contributed by atoms with van der Waals surface area (Å²) in [6, 6.07) is 0. The van der Waals surface area contributed by atoms with Crippen LogP contribution in [-0.4, -0.2) is 48.7 Å². The van der Waals surface area contributed by atoms with E-state index in [9.17, 15) is 9.59 Å². The standard InChI is InChI=1S/C11H19NO4/c1-5-12(6-7-16-4)10(13)8(2)9(3)11(14)15/h5-7H2,1-4H3,(H,14,15). The molecule has 0 aliphatic carbocycles. The lowest BCUT2D eigenvalue weighted by Gasteiger charge is -2.21. The monoisotopic (exact) mass is 229 g/mol. The third-order valence-corrected chi connectivity index (χ3v) is 2.44. The van der Waals surface area contributed by atoms with E-state index in [-0.39, 0.29) is 17.1 Å². The van der Waals surface area contributed by atoms with Crippen LogP contribution in [0.15, 0.2) is 11.1 Å². The molecule has 16 heavy (non-hydrogen) atoms. The second-order valence-electron chi connectivity index (χ2n) is 3.43. The lowest BCUT2D eigenvalue weighted by atomic mass is 10.1. The second-order valence-corrected chi connectivity index (χ2v) is 3.43. The van der Waals surface area contributed by atoms with Crippen LogP contribution >= 0.6 is 0 Å². The fraction of sp³-hybridized carbons (Fsp3) is 0.636. The van der Waals surface area contributed by atoms with Crippen molar-refractivity contribution in [2.24, 2.45) is 0 Å². The summed E-state index contributed by atoms with van der Waals surface area (Å²) in [5.74, 6) is -1.31. The summed E-state index contributed by atoms with van der Waals surface area (Å²) < 4.78 is 4.89.